The largest absolute Gasteiger partial charge is 0.493 e. The first-order valence-corrected chi connectivity index (χ1v) is 5.21. The van der Waals surface area contributed by atoms with Crippen LogP contribution in [0.25, 0.3) is 5.69 Å². The van der Waals surface area contributed by atoms with Crippen LogP contribution in [-0.4, -0.2) is 30.1 Å². The van der Waals surface area contributed by atoms with Crippen LogP contribution in [0.2, 0.25) is 0 Å². The molecule has 0 amide bonds. The molecular weight excluding hydrogens is 234 g/mol. The van der Waals surface area contributed by atoms with Crippen molar-refractivity contribution in [3.05, 3.63) is 30.2 Å². The molecule has 0 aliphatic heterocycles. The number of carbonyl (C=O) groups excluding carboxylic acids is 1. The highest BCUT2D eigenvalue weighted by Crippen LogP contribution is 2.30. The van der Waals surface area contributed by atoms with Gasteiger partial charge in [-0.15, -0.1) is 0 Å². The highest BCUT2D eigenvalue weighted by atomic mass is 16.5. The molecule has 6 nitrogen and oxygen atoms in total. The van der Waals surface area contributed by atoms with E-state index in [9.17, 15) is 4.79 Å². The molecule has 2 aromatic rings. The topological polar surface area (TPSA) is 79.4 Å². The fourth-order valence-corrected chi connectivity index (χ4v) is 1.64. The molecule has 1 aromatic carbocycles. The molecule has 0 fully saturated rings. The van der Waals surface area contributed by atoms with E-state index in [1.54, 1.807) is 37.0 Å². The number of rotatable bonds is 4. The number of nitrogens with zero attached hydrogens (tertiary/aromatic N) is 2. The minimum atomic E-state index is 0.213. The highest BCUT2D eigenvalue weighted by molar-refractivity contribution is 5.79. The maximum Gasteiger partial charge on any atom is 0.172 e. The van der Waals surface area contributed by atoms with E-state index in [-0.39, 0.29) is 11.5 Å². The van der Waals surface area contributed by atoms with Crippen LogP contribution in [0, 0.1) is 0 Å². The Kier molecular flexibility index (Phi) is 3.18. The number of hydrogen-bond acceptors (Lipinski definition) is 5. The molecule has 2 N–H and O–H groups in total. The second-order valence-electron chi connectivity index (χ2n) is 3.54. The van der Waals surface area contributed by atoms with E-state index in [0.29, 0.717) is 17.8 Å². The summed E-state index contributed by atoms with van der Waals surface area (Å²) in [6.07, 6.45) is 2.10. The standard InChI is InChI=1S/C12H13N3O3/c1-17-10-4-3-8(5-11(10)18-2)15-7-14-9(6-16)12(15)13/h3-7H,13H2,1-2H3. The van der Waals surface area contributed by atoms with Crippen LogP contribution in [0.4, 0.5) is 5.82 Å². The second kappa shape index (κ2) is 4.79. The van der Waals surface area contributed by atoms with Crippen molar-refractivity contribution in [3.8, 4) is 17.2 Å². The van der Waals surface area contributed by atoms with E-state index < -0.39 is 0 Å². The predicted molar refractivity (Wildman–Crippen MR) is 66.5 cm³/mol. The van der Waals surface area contributed by atoms with Gasteiger partial charge in [-0.05, 0) is 12.1 Å². The third kappa shape index (κ3) is 1.88. The molecule has 0 unspecified atom stereocenters. The molecular formula is C12H13N3O3. The zero-order chi connectivity index (χ0) is 13.1. The van der Waals surface area contributed by atoms with Gasteiger partial charge in [0.25, 0.3) is 0 Å². The smallest absolute Gasteiger partial charge is 0.172 e. The Bertz CT molecular complexity index is 578. The van der Waals surface area contributed by atoms with Crippen molar-refractivity contribution in [3.63, 3.8) is 0 Å². The van der Waals surface area contributed by atoms with Crippen molar-refractivity contribution < 1.29 is 14.3 Å². The number of hydrogen-bond donors (Lipinski definition) is 1. The Morgan fingerprint density at radius 1 is 1.28 bits per heavy atom. The van der Waals surface area contributed by atoms with Gasteiger partial charge in [0.2, 0.25) is 0 Å². The van der Waals surface area contributed by atoms with Crippen LogP contribution < -0.4 is 15.2 Å². The molecule has 18 heavy (non-hydrogen) atoms. The molecule has 0 aliphatic carbocycles. The molecule has 0 atom stereocenters. The van der Waals surface area contributed by atoms with Crippen LogP contribution in [-0.2, 0) is 0 Å². The normalized spacial score (nSPS) is 10.1. The molecule has 2 rings (SSSR count). The number of methoxy groups -OCH3 is 2. The van der Waals surface area contributed by atoms with Gasteiger partial charge in [-0.3, -0.25) is 9.36 Å². The summed E-state index contributed by atoms with van der Waals surface area (Å²) in [6.45, 7) is 0. The Hall–Kier alpha value is -2.50. The minimum Gasteiger partial charge on any atom is -0.493 e. The van der Waals surface area contributed by atoms with Crippen LogP contribution >= 0.6 is 0 Å². The summed E-state index contributed by atoms with van der Waals surface area (Å²) in [5.41, 5.74) is 6.76. The molecule has 6 heteroatoms. The van der Waals surface area contributed by atoms with Gasteiger partial charge < -0.3 is 15.2 Å². The van der Waals surface area contributed by atoms with Gasteiger partial charge in [-0.25, -0.2) is 4.98 Å². The van der Waals surface area contributed by atoms with Crippen LogP contribution in [0.3, 0.4) is 0 Å². The van der Waals surface area contributed by atoms with E-state index in [1.165, 1.54) is 6.33 Å². The van der Waals surface area contributed by atoms with Crippen molar-refractivity contribution in [2.75, 3.05) is 20.0 Å². The Balaban J connectivity index is 2.50. The minimum absolute atomic E-state index is 0.213. The first-order chi connectivity index (χ1) is 8.71. The van der Waals surface area contributed by atoms with Crippen molar-refractivity contribution >= 4 is 12.1 Å². The van der Waals surface area contributed by atoms with Gasteiger partial charge in [-0.2, -0.15) is 0 Å². The quantitative estimate of drug-likeness (QED) is 0.823. The first kappa shape index (κ1) is 12.0. The predicted octanol–water partition coefficient (Wildman–Crippen LogP) is 1.28. The third-order valence-corrected chi connectivity index (χ3v) is 2.59. The molecule has 0 saturated heterocycles. The number of nitrogen functional groups attached to an aromatic ring is 1. The summed E-state index contributed by atoms with van der Waals surface area (Å²) >= 11 is 0. The van der Waals surface area contributed by atoms with E-state index in [4.69, 9.17) is 15.2 Å². The third-order valence-electron chi connectivity index (χ3n) is 2.59. The number of nitrogens with two attached hydrogens (primary N) is 1. The maximum atomic E-state index is 10.7. The Morgan fingerprint density at radius 2 is 2.00 bits per heavy atom. The van der Waals surface area contributed by atoms with Crippen LogP contribution in [0.15, 0.2) is 24.5 Å². The molecule has 1 heterocycles. The number of aldehydes is 1. The number of imidazole rings is 1. The fraction of sp³-hybridized carbons (Fsp3) is 0.167. The monoisotopic (exact) mass is 247 g/mol. The molecule has 94 valence electrons. The first-order valence-electron chi connectivity index (χ1n) is 5.21. The Morgan fingerprint density at radius 3 is 2.56 bits per heavy atom. The van der Waals surface area contributed by atoms with Crippen molar-refractivity contribution in [1.82, 2.24) is 9.55 Å². The lowest BCUT2D eigenvalue weighted by molar-refractivity contribution is 0.112. The zero-order valence-corrected chi connectivity index (χ0v) is 10.1. The van der Waals surface area contributed by atoms with Crippen LogP contribution in [0.5, 0.6) is 11.5 Å². The summed E-state index contributed by atoms with van der Waals surface area (Å²) in [7, 11) is 3.11. The van der Waals surface area contributed by atoms with E-state index in [0.717, 1.165) is 5.69 Å². The maximum absolute atomic E-state index is 10.7. The lowest BCUT2D eigenvalue weighted by Crippen LogP contribution is -2.01. The molecule has 0 saturated carbocycles. The summed E-state index contributed by atoms with van der Waals surface area (Å²) in [5.74, 6) is 1.49. The molecule has 0 radical (unpaired) electrons. The van der Waals surface area contributed by atoms with Gasteiger partial charge >= 0.3 is 0 Å². The molecule has 0 spiro atoms. The van der Waals surface area contributed by atoms with E-state index >= 15 is 0 Å². The molecule has 1 aromatic heterocycles. The highest BCUT2D eigenvalue weighted by Gasteiger charge is 2.10. The van der Waals surface area contributed by atoms with Gasteiger partial charge in [-0.1, -0.05) is 0 Å². The second-order valence-corrected chi connectivity index (χ2v) is 3.54. The van der Waals surface area contributed by atoms with Gasteiger partial charge in [0.1, 0.15) is 17.8 Å². The van der Waals surface area contributed by atoms with E-state index in [2.05, 4.69) is 4.98 Å². The summed E-state index contributed by atoms with van der Waals surface area (Å²) < 4.78 is 12.0. The average molecular weight is 247 g/mol. The van der Waals surface area contributed by atoms with E-state index in [1.807, 2.05) is 0 Å². The summed E-state index contributed by atoms with van der Waals surface area (Å²) in [6, 6.07) is 5.31. The number of ether oxygens (including phenoxy) is 2. The average Bonchev–Trinajstić information content (AvgIpc) is 2.79. The van der Waals surface area contributed by atoms with Gasteiger partial charge in [0.05, 0.1) is 19.9 Å². The number of anilines is 1. The summed E-state index contributed by atoms with van der Waals surface area (Å²) in [4.78, 5) is 14.6. The fourth-order valence-electron chi connectivity index (χ4n) is 1.64. The lowest BCUT2D eigenvalue weighted by Gasteiger charge is -2.10. The molecule has 0 aliphatic rings. The number of aromatic nitrogens is 2. The Labute approximate surface area is 104 Å². The summed E-state index contributed by atoms with van der Waals surface area (Å²) in [5, 5.41) is 0. The van der Waals surface area contributed by atoms with Crippen molar-refractivity contribution in [2.45, 2.75) is 0 Å². The zero-order valence-electron chi connectivity index (χ0n) is 10.1. The number of benzene rings is 1. The van der Waals surface area contributed by atoms with Crippen molar-refractivity contribution in [1.29, 1.82) is 0 Å². The van der Waals surface area contributed by atoms with Crippen LogP contribution in [0.1, 0.15) is 10.5 Å². The van der Waals surface area contributed by atoms with Crippen molar-refractivity contribution in [2.24, 2.45) is 0 Å². The van der Waals surface area contributed by atoms with Gasteiger partial charge in [0.15, 0.2) is 17.8 Å². The molecule has 0 bridgehead atoms. The SMILES string of the molecule is COc1ccc(-n2cnc(C=O)c2N)cc1OC. The van der Waals surface area contributed by atoms with Gasteiger partial charge in [0, 0.05) is 6.07 Å². The lowest BCUT2D eigenvalue weighted by atomic mass is 10.2. The number of carbonyl (C=O) groups is 1.